The Balaban J connectivity index is 2.23. The molecule has 0 unspecified atom stereocenters. The zero-order valence-corrected chi connectivity index (χ0v) is 10.3. The highest BCUT2D eigenvalue weighted by Gasteiger charge is 2.06. The van der Waals surface area contributed by atoms with E-state index in [9.17, 15) is 4.79 Å². The number of aryl methyl sites for hydroxylation is 1. The lowest BCUT2D eigenvalue weighted by molar-refractivity contribution is -0.114. The molecule has 2 rings (SSSR count). The van der Waals surface area contributed by atoms with Crippen LogP contribution in [0.15, 0.2) is 42.6 Å². The molecule has 1 heterocycles. The van der Waals surface area contributed by atoms with E-state index < -0.39 is 0 Å². The molecule has 0 saturated carbocycles. The molecule has 0 aliphatic carbocycles. The van der Waals surface area contributed by atoms with Crippen LogP contribution in [0.1, 0.15) is 12.5 Å². The Bertz CT molecular complexity index is 550. The van der Waals surface area contributed by atoms with Crippen molar-refractivity contribution in [3.63, 3.8) is 0 Å². The number of nitrogens with zero attached hydrogens (tertiary/aromatic N) is 1. The molecule has 1 aromatic heterocycles. The van der Waals surface area contributed by atoms with Gasteiger partial charge < -0.3 is 10.1 Å². The first kappa shape index (κ1) is 12.1. The number of carbonyl (C=O) groups excluding carboxylic acids is 1. The molecule has 0 bridgehead atoms. The van der Waals surface area contributed by atoms with Crippen LogP contribution in [0.25, 0.3) is 0 Å². The Hall–Kier alpha value is -2.36. The van der Waals surface area contributed by atoms with E-state index in [1.54, 1.807) is 18.3 Å². The van der Waals surface area contributed by atoms with Gasteiger partial charge in [-0.1, -0.05) is 17.7 Å². The third kappa shape index (κ3) is 3.07. The van der Waals surface area contributed by atoms with Crippen molar-refractivity contribution in [1.82, 2.24) is 4.98 Å². The molecular weight excluding hydrogens is 228 g/mol. The van der Waals surface area contributed by atoms with E-state index >= 15 is 0 Å². The smallest absolute Gasteiger partial charge is 0.243 e. The number of rotatable bonds is 3. The van der Waals surface area contributed by atoms with Crippen LogP contribution in [-0.2, 0) is 4.79 Å². The normalized spacial score (nSPS) is 9.89. The van der Waals surface area contributed by atoms with Gasteiger partial charge in [-0.2, -0.15) is 0 Å². The number of amides is 1. The maximum atomic E-state index is 11.1. The number of nitrogens with one attached hydrogen (secondary N) is 1. The molecule has 0 radical (unpaired) electrons. The van der Waals surface area contributed by atoms with Gasteiger partial charge in [-0.05, 0) is 31.2 Å². The first-order valence-electron chi connectivity index (χ1n) is 5.62. The topological polar surface area (TPSA) is 51.2 Å². The quantitative estimate of drug-likeness (QED) is 0.899. The number of benzene rings is 1. The summed E-state index contributed by atoms with van der Waals surface area (Å²) in [6.07, 6.45) is 1.62. The zero-order chi connectivity index (χ0) is 13.0. The SMILES string of the molecule is CC(=O)Nc1cccnc1Oc1ccc(C)cc1. The third-order valence-electron chi connectivity index (χ3n) is 2.32. The van der Waals surface area contributed by atoms with E-state index in [4.69, 9.17) is 4.74 Å². The summed E-state index contributed by atoms with van der Waals surface area (Å²) in [6, 6.07) is 11.1. The molecule has 0 atom stereocenters. The lowest BCUT2D eigenvalue weighted by atomic mass is 10.2. The summed E-state index contributed by atoms with van der Waals surface area (Å²) >= 11 is 0. The van der Waals surface area contributed by atoms with Crippen LogP contribution in [0.4, 0.5) is 5.69 Å². The number of pyridine rings is 1. The molecule has 1 aromatic carbocycles. The van der Waals surface area contributed by atoms with Gasteiger partial charge in [-0.25, -0.2) is 4.98 Å². The Kier molecular flexibility index (Phi) is 3.57. The zero-order valence-electron chi connectivity index (χ0n) is 10.3. The third-order valence-corrected chi connectivity index (χ3v) is 2.32. The highest BCUT2D eigenvalue weighted by atomic mass is 16.5. The monoisotopic (exact) mass is 242 g/mol. The first-order chi connectivity index (χ1) is 8.65. The Morgan fingerprint density at radius 3 is 2.61 bits per heavy atom. The van der Waals surface area contributed by atoms with Gasteiger partial charge >= 0.3 is 0 Å². The summed E-state index contributed by atoms with van der Waals surface area (Å²) in [5.74, 6) is 0.916. The number of ether oxygens (including phenoxy) is 1. The number of carbonyl (C=O) groups is 1. The molecular formula is C14H14N2O2. The van der Waals surface area contributed by atoms with Crippen LogP contribution in [-0.4, -0.2) is 10.9 Å². The highest BCUT2D eigenvalue weighted by molar-refractivity contribution is 5.89. The second-order valence-corrected chi connectivity index (χ2v) is 3.95. The van der Waals surface area contributed by atoms with Crippen molar-refractivity contribution >= 4 is 11.6 Å². The van der Waals surface area contributed by atoms with Crippen molar-refractivity contribution < 1.29 is 9.53 Å². The van der Waals surface area contributed by atoms with Gasteiger partial charge in [0.2, 0.25) is 11.8 Å². The van der Waals surface area contributed by atoms with Crippen LogP contribution in [0.5, 0.6) is 11.6 Å². The molecule has 4 nitrogen and oxygen atoms in total. The summed E-state index contributed by atoms with van der Waals surface area (Å²) in [5, 5.41) is 2.68. The Morgan fingerprint density at radius 1 is 1.22 bits per heavy atom. The molecule has 4 heteroatoms. The van der Waals surface area contributed by atoms with Crippen LogP contribution in [0.2, 0.25) is 0 Å². The Labute approximate surface area is 106 Å². The summed E-state index contributed by atoms with van der Waals surface area (Å²) in [4.78, 5) is 15.2. The van der Waals surface area contributed by atoms with Crippen LogP contribution >= 0.6 is 0 Å². The molecule has 1 N–H and O–H groups in total. The number of hydrogen-bond acceptors (Lipinski definition) is 3. The Morgan fingerprint density at radius 2 is 1.94 bits per heavy atom. The minimum atomic E-state index is -0.156. The van der Waals surface area contributed by atoms with Gasteiger partial charge in [0.05, 0.1) is 0 Å². The average molecular weight is 242 g/mol. The predicted molar refractivity (Wildman–Crippen MR) is 69.8 cm³/mol. The second-order valence-electron chi connectivity index (χ2n) is 3.95. The van der Waals surface area contributed by atoms with E-state index in [-0.39, 0.29) is 5.91 Å². The minimum absolute atomic E-state index is 0.156. The summed E-state index contributed by atoms with van der Waals surface area (Å²) < 4.78 is 5.64. The van der Waals surface area contributed by atoms with E-state index in [0.29, 0.717) is 17.3 Å². The fourth-order valence-corrected chi connectivity index (χ4v) is 1.47. The second kappa shape index (κ2) is 5.31. The van der Waals surface area contributed by atoms with Gasteiger partial charge in [-0.3, -0.25) is 4.79 Å². The van der Waals surface area contributed by atoms with E-state index in [1.165, 1.54) is 6.92 Å². The summed E-state index contributed by atoms with van der Waals surface area (Å²) in [5.41, 5.74) is 1.72. The molecule has 0 aliphatic rings. The predicted octanol–water partition coefficient (Wildman–Crippen LogP) is 3.14. The standard InChI is InChI=1S/C14H14N2O2/c1-10-5-7-12(8-6-10)18-14-13(16-11(2)17)4-3-9-15-14/h3-9H,1-2H3,(H,16,17). The largest absolute Gasteiger partial charge is 0.437 e. The molecule has 92 valence electrons. The molecule has 1 amide bonds. The van der Waals surface area contributed by atoms with Crippen LogP contribution in [0.3, 0.4) is 0 Å². The first-order valence-corrected chi connectivity index (χ1v) is 5.62. The number of anilines is 1. The van der Waals surface area contributed by atoms with Gasteiger partial charge in [0, 0.05) is 13.1 Å². The van der Waals surface area contributed by atoms with Gasteiger partial charge in [0.25, 0.3) is 0 Å². The highest BCUT2D eigenvalue weighted by Crippen LogP contribution is 2.26. The van der Waals surface area contributed by atoms with Crippen molar-refractivity contribution in [2.24, 2.45) is 0 Å². The van der Waals surface area contributed by atoms with E-state index in [1.807, 2.05) is 31.2 Å². The lowest BCUT2D eigenvalue weighted by Crippen LogP contribution is -2.07. The molecule has 0 saturated heterocycles. The molecule has 0 fully saturated rings. The van der Waals surface area contributed by atoms with Crippen molar-refractivity contribution in [2.75, 3.05) is 5.32 Å². The van der Waals surface area contributed by atoms with E-state index in [0.717, 1.165) is 5.56 Å². The number of hydrogen-bond donors (Lipinski definition) is 1. The molecule has 2 aromatic rings. The fraction of sp³-hybridized carbons (Fsp3) is 0.143. The fourth-order valence-electron chi connectivity index (χ4n) is 1.47. The molecule has 0 spiro atoms. The van der Waals surface area contributed by atoms with Gasteiger partial charge in [0.15, 0.2) is 0 Å². The minimum Gasteiger partial charge on any atom is -0.437 e. The van der Waals surface area contributed by atoms with Gasteiger partial charge in [-0.15, -0.1) is 0 Å². The average Bonchev–Trinajstić information content (AvgIpc) is 2.34. The summed E-state index contributed by atoms with van der Waals surface area (Å²) in [6.45, 7) is 3.45. The van der Waals surface area contributed by atoms with Crippen molar-refractivity contribution in [1.29, 1.82) is 0 Å². The van der Waals surface area contributed by atoms with Gasteiger partial charge in [0.1, 0.15) is 11.4 Å². The van der Waals surface area contributed by atoms with Crippen molar-refractivity contribution in [3.05, 3.63) is 48.2 Å². The molecule has 0 aliphatic heterocycles. The maximum absolute atomic E-state index is 11.1. The van der Waals surface area contributed by atoms with Crippen molar-refractivity contribution in [2.45, 2.75) is 13.8 Å². The van der Waals surface area contributed by atoms with Crippen LogP contribution in [0, 0.1) is 6.92 Å². The van der Waals surface area contributed by atoms with E-state index in [2.05, 4.69) is 10.3 Å². The lowest BCUT2D eigenvalue weighted by Gasteiger charge is -2.09. The number of aromatic nitrogens is 1. The maximum Gasteiger partial charge on any atom is 0.243 e. The van der Waals surface area contributed by atoms with Crippen LogP contribution < -0.4 is 10.1 Å². The van der Waals surface area contributed by atoms with Crippen molar-refractivity contribution in [3.8, 4) is 11.6 Å². The molecule has 18 heavy (non-hydrogen) atoms. The summed E-state index contributed by atoms with van der Waals surface area (Å²) in [7, 11) is 0.